The van der Waals surface area contributed by atoms with Gasteiger partial charge >= 0.3 is 12.1 Å². The molecule has 0 aromatic heterocycles. The van der Waals surface area contributed by atoms with E-state index in [1.807, 2.05) is 0 Å². The molecule has 68 valence electrons. The molecule has 0 rings (SSSR count). The first-order chi connectivity index (χ1) is 4.39. The second kappa shape index (κ2) is 4.40. The van der Waals surface area contributed by atoms with Crippen molar-refractivity contribution < 1.29 is 23.1 Å². The third kappa shape index (κ3) is 4.05. The highest BCUT2D eigenvalue weighted by atomic mass is 35.5. The molecule has 0 heterocycles. The fourth-order valence-electron chi connectivity index (χ4n) is 0.374. The van der Waals surface area contributed by atoms with Gasteiger partial charge in [-0.3, -0.25) is 4.79 Å². The molecule has 3 N–H and O–H groups in total. The van der Waals surface area contributed by atoms with Crippen LogP contribution in [-0.4, -0.2) is 23.8 Å². The van der Waals surface area contributed by atoms with E-state index in [0.717, 1.165) is 0 Å². The van der Waals surface area contributed by atoms with Crippen LogP contribution < -0.4 is 5.73 Å². The fraction of sp³-hybridized carbons (Fsp3) is 0.750. The molecule has 3 nitrogen and oxygen atoms in total. The monoisotopic (exact) mass is 193 g/mol. The van der Waals surface area contributed by atoms with E-state index in [2.05, 4.69) is 5.73 Å². The number of carbonyl (C=O) groups is 1. The van der Waals surface area contributed by atoms with Crippen LogP contribution in [0.2, 0.25) is 0 Å². The van der Waals surface area contributed by atoms with Gasteiger partial charge in [0.05, 0.1) is 0 Å². The fourth-order valence-corrected chi connectivity index (χ4v) is 0.374. The normalized spacial score (nSPS) is 13.5. The molecule has 0 saturated carbocycles. The predicted molar refractivity (Wildman–Crippen MR) is 33.5 cm³/mol. The third-order valence-corrected chi connectivity index (χ3v) is 0.929. The summed E-state index contributed by atoms with van der Waals surface area (Å²) < 4.78 is 34.5. The van der Waals surface area contributed by atoms with Crippen LogP contribution in [0.4, 0.5) is 13.2 Å². The molecule has 0 radical (unpaired) electrons. The second-order valence-electron chi connectivity index (χ2n) is 1.67. The maximum atomic E-state index is 11.5. The van der Waals surface area contributed by atoms with Crippen molar-refractivity contribution in [1.29, 1.82) is 0 Å². The molecule has 1 unspecified atom stereocenters. The number of aliphatic carboxylic acids is 1. The summed E-state index contributed by atoms with van der Waals surface area (Å²) in [6.07, 6.45) is -4.74. The molecule has 0 spiro atoms. The van der Waals surface area contributed by atoms with E-state index < -0.39 is 24.6 Å². The zero-order chi connectivity index (χ0) is 8.36. The number of hydrogen-bond acceptors (Lipinski definition) is 2. The van der Waals surface area contributed by atoms with Crippen molar-refractivity contribution in [2.45, 2.75) is 6.18 Å². The van der Waals surface area contributed by atoms with E-state index in [1.54, 1.807) is 0 Å². The lowest BCUT2D eigenvalue weighted by molar-refractivity contribution is -0.191. The number of carboxylic acids is 1. The zero-order valence-corrected chi connectivity index (χ0v) is 6.08. The summed E-state index contributed by atoms with van der Waals surface area (Å²) >= 11 is 0. The summed E-state index contributed by atoms with van der Waals surface area (Å²) in [5, 5.41) is 7.91. The highest BCUT2D eigenvalue weighted by Gasteiger charge is 2.43. The van der Waals surface area contributed by atoms with Gasteiger partial charge in [-0.2, -0.15) is 13.2 Å². The maximum Gasteiger partial charge on any atom is 0.403 e. The van der Waals surface area contributed by atoms with Crippen molar-refractivity contribution >= 4 is 18.4 Å². The van der Waals surface area contributed by atoms with E-state index in [1.165, 1.54) is 0 Å². The lowest BCUT2D eigenvalue weighted by Gasteiger charge is -2.12. The highest BCUT2D eigenvalue weighted by Crippen LogP contribution is 2.25. The van der Waals surface area contributed by atoms with Crippen LogP contribution in [0.5, 0.6) is 0 Å². The molecular weight excluding hydrogens is 186 g/mol. The molecule has 0 aliphatic heterocycles. The minimum absolute atomic E-state index is 0. The number of alkyl halides is 3. The van der Waals surface area contributed by atoms with E-state index in [0.29, 0.717) is 0 Å². The standard InChI is InChI=1S/C4H6F3NO2.ClH/c5-4(6,7)2(1-8)3(9)10;/h2H,1,8H2,(H,9,10);1H. The molecule has 0 bridgehead atoms. The van der Waals surface area contributed by atoms with Crippen molar-refractivity contribution in [2.75, 3.05) is 6.54 Å². The molecule has 0 fully saturated rings. The van der Waals surface area contributed by atoms with Crippen LogP contribution >= 0.6 is 12.4 Å². The van der Waals surface area contributed by atoms with E-state index in [4.69, 9.17) is 5.11 Å². The summed E-state index contributed by atoms with van der Waals surface area (Å²) in [4.78, 5) is 9.78. The van der Waals surface area contributed by atoms with Gasteiger partial charge in [0.25, 0.3) is 0 Å². The van der Waals surface area contributed by atoms with Crippen molar-refractivity contribution in [2.24, 2.45) is 11.7 Å². The minimum atomic E-state index is -4.74. The lowest BCUT2D eigenvalue weighted by Crippen LogP contribution is -2.36. The lowest BCUT2D eigenvalue weighted by atomic mass is 10.1. The van der Waals surface area contributed by atoms with Crippen molar-refractivity contribution in [3.63, 3.8) is 0 Å². The van der Waals surface area contributed by atoms with Gasteiger partial charge in [-0.1, -0.05) is 0 Å². The van der Waals surface area contributed by atoms with E-state index in [-0.39, 0.29) is 12.4 Å². The van der Waals surface area contributed by atoms with Gasteiger partial charge in [0.1, 0.15) is 0 Å². The molecule has 0 saturated heterocycles. The summed E-state index contributed by atoms with van der Waals surface area (Å²) in [6, 6.07) is 0. The largest absolute Gasteiger partial charge is 0.481 e. The average molecular weight is 194 g/mol. The van der Waals surface area contributed by atoms with Gasteiger partial charge < -0.3 is 10.8 Å². The molecule has 0 aliphatic rings. The summed E-state index contributed by atoms with van der Waals surface area (Å²) in [6.45, 7) is -0.918. The van der Waals surface area contributed by atoms with Gasteiger partial charge in [-0.25, -0.2) is 0 Å². The SMILES string of the molecule is Cl.NCC(C(=O)O)C(F)(F)F. The van der Waals surface area contributed by atoms with Crippen molar-refractivity contribution in [3.05, 3.63) is 0 Å². The Hall–Kier alpha value is -0.490. The quantitative estimate of drug-likeness (QED) is 0.676. The molecule has 0 aromatic carbocycles. The van der Waals surface area contributed by atoms with Crippen LogP contribution in [0.15, 0.2) is 0 Å². The Morgan fingerprint density at radius 3 is 1.91 bits per heavy atom. The van der Waals surface area contributed by atoms with Crippen LogP contribution in [-0.2, 0) is 4.79 Å². The van der Waals surface area contributed by atoms with E-state index >= 15 is 0 Å². The average Bonchev–Trinajstić information content (AvgIpc) is 1.60. The van der Waals surface area contributed by atoms with Gasteiger partial charge in [0, 0.05) is 6.54 Å². The van der Waals surface area contributed by atoms with E-state index in [9.17, 15) is 18.0 Å². The summed E-state index contributed by atoms with van der Waals surface area (Å²) in [7, 11) is 0. The summed E-state index contributed by atoms with van der Waals surface area (Å²) in [5.41, 5.74) is 4.56. The predicted octanol–water partition coefficient (Wildman–Crippen LogP) is 0.630. The number of hydrogen-bond donors (Lipinski definition) is 2. The second-order valence-corrected chi connectivity index (χ2v) is 1.67. The maximum absolute atomic E-state index is 11.5. The molecule has 1 atom stereocenters. The minimum Gasteiger partial charge on any atom is -0.481 e. The highest BCUT2D eigenvalue weighted by molar-refractivity contribution is 5.85. The molecule has 0 aliphatic carbocycles. The topological polar surface area (TPSA) is 63.3 Å². The first kappa shape index (κ1) is 13.1. The molecule has 7 heteroatoms. The van der Waals surface area contributed by atoms with Gasteiger partial charge in [-0.05, 0) is 0 Å². The number of halogens is 4. The van der Waals surface area contributed by atoms with Crippen LogP contribution in [0, 0.1) is 5.92 Å². The zero-order valence-electron chi connectivity index (χ0n) is 5.26. The Balaban J connectivity index is 0. The third-order valence-electron chi connectivity index (χ3n) is 0.929. The van der Waals surface area contributed by atoms with Crippen LogP contribution in [0.1, 0.15) is 0 Å². The number of carboxylic acid groups (broad SMARTS) is 1. The number of nitrogens with two attached hydrogens (primary N) is 1. The van der Waals surface area contributed by atoms with Crippen LogP contribution in [0.3, 0.4) is 0 Å². The Morgan fingerprint density at radius 1 is 1.55 bits per heavy atom. The van der Waals surface area contributed by atoms with Gasteiger partial charge in [-0.15, -0.1) is 12.4 Å². The van der Waals surface area contributed by atoms with Crippen molar-refractivity contribution in [1.82, 2.24) is 0 Å². The molecule has 0 amide bonds. The Bertz CT molecular complexity index is 138. The van der Waals surface area contributed by atoms with Gasteiger partial charge in [0.15, 0.2) is 5.92 Å². The van der Waals surface area contributed by atoms with Crippen LogP contribution in [0.25, 0.3) is 0 Å². The molecule has 0 aromatic rings. The molecule has 11 heavy (non-hydrogen) atoms. The Labute approximate surface area is 66.8 Å². The smallest absolute Gasteiger partial charge is 0.403 e. The Kier molecular flexibility index (Phi) is 5.25. The van der Waals surface area contributed by atoms with Gasteiger partial charge in [0.2, 0.25) is 0 Å². The molecular formula is C4H7ClF3NO2. The first-order valence-corrected chi connectivity index (χ1v) is 2.39. The summed E-state index contributed by atoms with van der Waals surface area (Å²) in [5.74, 6) is -4.37. The van der Waals surface area contributed by atoms with Crippen molar-refractivity contribution in [3.8, 4) is 0 Å². The first-order valence-electron chi connectivity index (χ1n) is 2.39. The Morgan fingerprint density at radius 2 is 1.91 bits per heavy atom. The number of rotatable bonds is 2.